The first-order valence-corrected chi connectivity index (χ1v) is 8.21. The third kappa shape index (κ3) is 6.57. The highest BCUT2D eigenvalue weighted by Gasteiger charge is 2.29. The zero-order valence-corrected chi connectivity index (χ0v) is 13.8. The molecule has 0 amide bonds. The molecule has 1 atom stereocenters. The molecule has 0 radical (unpaired) electrons. The Morgan fingerprint density at radius 1 is 1.25 bits per heavy atom. The van der Waals surface area contributed by atoms with Gasteiger partial charge in [0, 0.05) is 19.7 Å². The van der Waals surface area contributed by atoms with Crippen molar-refractivity contribution in [2.75, 3.05) is 33.0 Å². The van der Waals surface area contributed by atoms with Crippen LogP contribution in [-0.2, 0) is 11.3 Å². The molecular formula is C17H24F3NO3. The molecule has 0 saturated carbocycles. The van der Waals surface area contributed by atoms with E-state index >= 15 is 0 Å². The highest BCUT2D eigenvalue weighted by atomic mass is 19.4. The Morgan fingerprint density at radius 2 is 2.08 bits per heavy atom. The molecule has 1 aliphatic rings. The van der Waals surface area contributed by atoms with Gasteiger partial charge in [-0.3, -0.25) is 0 Å². The van der Waals surface area contributed by atoms with Crippen molar-refractivity contribution < 1.29 is 27.4 Å². The van der Waals surface area contributed by atoms with E-state index in [4.69, 9.17) is 14.2 Å². The molecular weight excluding hydrogens is 323 g/mol. The average molecular weight is 347 g/mol. The summed E-state index contributed by atoms with van der Waals surface area (Å²) >= 11 is 0. The number of hydrogen-bond acceptors (Lipinski definition) is 4. The van der Waals surface area contributed by atoms with Crippen LogP contribution < -0.4 is 14.8 Å². The molecule has 1 N–H and O–H groups in total. The SMILES string of the molecule is CCOc1cc(CNCC2CCCOC2)ccc1OCC(F)(F)F. The Morgan fingerprint density at radius 3 is 2.75 bits per heavy atom. The molecule has 0 aliphatic carbocycles. The third-order valence-corrected chi connectivity index (χ3v) is 3.72. The van der Waals surface area contributed by atoms with E-state index in [1.54, 1.807) is 19.1 Å². The number of halogens is 3. The molecule has 1 aliphatic heterocycles. The highest BCUT2D eigenvalue weighted by molar-refractivity contribution is 5.43. The molecule has 1 saturated heterocycles. The van der Waals surface area contributed by atoms with Crippen molar-refractivity contribution in [2.24, 2.45) is 5.92 Å². The Labute approximate surface area is 140 Å². The van der Waals surface area contributed by atoms with Crippen LogP contribution in [0.5, 0.6) is 11.5 Å². The van der Waals surface area contributed by atoms with Gasteiger partial charge in [-0.05, 0) is 43.4 Å². The fourth-order valence-electron chi connectivity index (χ4n) is 2.60. The minimum absolute atomic E-state index is 0.110. The monoisotopic (exact) mass is 347 g/mol. The quantitative estimate of drug-likeness (QED) is 0.781. The first-order valence-electron chi connectivity index (χ1n) is 8.21. The molecule has 24 heavy (non-hydrogen) atoms. The average Bonchev–Trinajstić information content (AvgIpc) is 2.54. The fourth-order valence-corrected chi connectivity index (χ4v) is 2.60. The third-order valence-electron chi connectivity index (χ3n) is 3.72. The van der Waals surface area contributed by atoms with Crippen molar-refractivity contribution in [3.63, 3.8) is 0 Å². The Hall–Kier alpha value is -1.47. The normalized spacial score (nSPS) is 18.4. The first kappa shape index (κ1) is 18.9. The van der Waals surface area contributed by atoms with E-state index in [0.29, 0.717) is 24.8 Å². The van der Waals surface area contributed by atoms with Crippen molar-refractivity contribution in [3.8, 4) is 11.5 Å². The minimum atomic E-state index is -4.37. The maximum atomic E-state index is 12.3. The van der Waals surface area contributed by atoms with E-state index < -0.39 is 12.8 Å². The van der Waals surface area contributed by atoms with E-state index in [0.717, 1.165) is 38.2 Å². The van der Waals surface area contributed by atoms with Gasteiger partial charge in [-0.25, -0.2) is 0 Å². The second kappa shape index (κ2) is 9.13. The lowest BCUT2D eigenvalue weighted by Gasteiger charge is -2.22. The Balaban J connectivity index is 1.89. The topological polar surface area (TPSA) is 39.7 Å². The van der Waals surface area contributed by atoms with E-state index in [1.165, 1.54) is 6.07 Å². The molecule has 1 unspecified atom stereocenters. The van der Waals surface area contributed by atoms with E-state index in [2.05, 4.69) is 5.32 Å². The predicted molar refractivity (Wildman–Crippen MR) is 84.4 cm³/mol. The van der Waals surface area contributed by atoms with E-state index in [1.807, 2.05) is 0 Å². The summed E-state index contributed by atoms with van der Waals surface area (Å²) in [6.07, 6.45) is -2.13. The number of hydrogen-bond donors (Lipinski definition) is 1. The van der Waals surface area contributed by atoms with E-state index in [-0.39, 0.29) is 5.75 Å². The van der Waals surface area contributed by atoms with Gasteiger partial charge in [-0.1, -0.05) is 6.07 Å². The summed E-state index contributed by atoms with van der Waals surface area (Å²) in [5.74, 6) is 0.958. The number of nitrogens with one attached hydrogen (secondary N) is 1. The lowest BCUT2D eigenvalue weighted by atomic mass is 10.0. The molecule has 1 heterocycles. The van der Waals surface area contributed by atoms with Crippen LogP contribution in [-0.4, -0.2) is 39.1 Å². The molecule has 1 fully saturated rings. The summed E-state index contributed by atoms with van der Waals surface area (Å²) in [5, 5.41) is 3.36. The van der Waals surface area contributed by atoms with Gasteiger partial charge >= 0.3 is 6.18 Å². The van der Waals surface area contributed by atoms with Crippen molar-refractivity contribution in [1.29, 1.82) is 0 Å². The van der Waals surface area contributed by atoms with Crippen LogP contribution in [0.4, 0.5) is 13.2 Å². The van der Waals surface area contributed by atoms with Crippen molar-refractivity contribution in [2.45, 2.75) is 32.5 Å². The number of rotatable bonds is 8. The molecule has 2 rings (SSSR count). The molecule has 0 bridgehead atoms. The molecule has 136 valence electrons. The van der Waals surface area contributed by atoms with Gasteiger partial charge < -0.3 is 19.5 Å². The van der Waals surface area contributed by atoms with Crippen LogP contribution in [0.15, 0.2) is 18.2 Å². The molecule has 1 aromatic carbocycles. The van der Waals surface area contributed by atoms with Gasteiger partial charge in [-0.15, -0.1) is 0 Å². The van der Waals surface area contributed by atoms with Gasteiger partial charge in [-0.2, -0.15) is 13.2 Å². The summed E-state index contributed by atoms with van der Waals surface area (Å²) in [6, 6.07) is 5.00. The van der Waals surface area contributed by atoms with Crippen LogP contribution >= 0.6 is 0 Å². The van der Waals surface area contributed by atoms with Gasteiger partial charge in [0.25, 0.3) is 0 Å². The summed E-state index contributed by atoms with van der Waals surface area (Å²) in [4.78, 5) is 0. The number of benzene rings is 1. The van der Waals surface area contributed by atoms with Gasteiger partial charge in [0.05, 0.1) is 13.2 Å². The van der Waals surface area contributed by atoms with Gasteiger partial charge in [0.15, 0.2) is 18.1 Å². The second-order valence-corrected chi connectivity index (χ2v) is 5.83. The maximum absolute atomic E-state index is 12.3. The molecule has 4 nitrogen and oxygen atoms in total. The summed E-state index contributed by atoms with van der Waals surface area (Å²) in [5.41, 5.74) is 0.939. The minimum Gasteiger partial charge on any atom is -0.490 e. The van der Waals surface area contributed by atoms with Crippen LogP contribution in [0.2, 0.25) is 0 Å². The van der Waals surface area contributed by atoms with Crippen molar-refractivity contribution in [1.82, 2.24) is 5.32 Å². The lowest BCUT2D eigenvalue weighted by molar-refractivity contribution is -0.153. The van der Waals surface area contributed by atoms with Crippen LogP contribution in [0, 0.1) is 5.92 Å². The van der Waals surface area contributed by atoms with Crippen LogP contribution in [0.3, 0.4) is 0 Å². The molecule has 0 aromatic heterocycles. The second-order valence-electron chi connectivity index (χ2n) is 5.83. The first-order chi connectivity index (χ1) is 11.5. The van der Waals surface area contributed by atoms with E-state index in [9.17, 15) is 13.2 Å². The van der Waals surface area contributed by atoms with Gasteiger partial charge in [0.1, 0.15) is 0 Å². The number of ether oxygens (including phenoxy) is 3. The Kier molecular flexibility index (Phi) is 7.17. The summed E-state index contributed by atoms with van der Waals surface area (Å²) in [7, 11) is 0. The standard InChI is InChI=1S/C17H24F3NO3/c1-2-23-16-8-13(5-6-15(16)24-12-17(18,19)20)9-21-10-14-4-3-7-22-11-14/h5-6,8,14,21H,2-4,7,9-12H2,1H3. The molecule has 0 spiro atoms. The summed E-state index contributed by atoms with van der Waals surface area (Å²) in [6.45, 7) is 3.91. The lowest BCUT2D eigenvalue weighted by Crippen LogP contribution is -2.28. The van der Waals surface area contributed by atoms with Crippen molar-refractivity contribution in [3.05, 3.63) is 23.8 Å². The predicted octanol–water partition coefficient (Wildman–Crippen LogP) is 3.54. The van der Waals surface area contributed by atoms with Crippen molar-refractivity contribution >= 4 is 0 Å². The van der Waals surface area contributed by atoms with Crippen LogP contribution in [0.1, 0.15) is 25.3 Å². The zero-order valence-electron chi connectivity index (χ0n) is 13.8. The number of alkyl halides is 3. The summed E-state index contributed by atoms with van der Waals surface area (Å²) < 4.78 is 52.5. The largest absolute Gasteiger partial charge is 0.490 e. The van der Waals surface area contributed by atoms with Gasteiger partial charge in [0.2, 0.25) is 0 Å². The van der Waals surface area contributed by atoms with Crippen LogP contribution in [0.25, 0.3) is 0 Å². The Bertz CT molecular complexity index is 502. The highest BCUT2D eigenvalue weighted by Crippen LogP contribution is 2.30. The molecule has 7 heteroatoms. The molecule has 1 aromatic rings. The maximum Gasteiger partial charge on any atom is 0.422 e. The zero-order chi connectivity index (χ0) is 17.4. The smallest absolute Gasteiger partial charge is 0.422 e. The fraction of sp³-hybridized carbons (Fsp3) is 0.647.